The highest BCUT2D eigenvalue weighted by molar-refractivity contribution is 6.32. The molecule has 100 valence electrons. The minimum absolute atomic E-state index is 0.0967. The normalized spacial score (nSPS) is 11.9. The lowest BCUT2D eigenvalue weighted by molar-refractivity contribution is 0.0939. The Balaban J connectivity index is 2.06. The zero-order valence-corrected chi connectivity index (χ0v) is 11.4. The number of furan rings is 1. The molecule has 0 saturated carbocycles. The molecule has 0 bridgehead atoms. The van der Waals surface area contributed by atoms with Crippen LogP contribution in [0.1, 0.15) is 28.9 Å². The van der Waals surface area contributed by atoms with Crippen molar-refractivity contribution in [1.82, 2.24) is 5.32 Å². The predicted octanol–water partition coefficient (Wildman–Crippen LogP) is 3.43. The molecule has 1 atom stereocenters. The Labute approximate surface area is 116 Å². The van der Waals surface area contributed by atoms with E-state index in [9.17, 15) is 4.79 Å². The molecule has 1 aromatic carbocycles. The Morgan fingerprint density at radius 3 is 2.53 bits per heavy atom. The Kier molecular flexibility index (Phi) is 4.12. The summed E-state index contributed by atoms with van der Waals surface area (Å²) in [6.07, 6.45) is 1.38. The number of nitrogens with one attached hydrogen (secondary N) is 1. The molecule has 1 aromatic heterocycles. The van der Waals surface area contributed by atoms with Gasteiger partial charge in [0, 0.05) is 0 Å². The van der Waals surface area contributed by atoms with Crippen LogP contribution in [0.5, 0.6) is 5.75 Å². The molecule has 4 nitrogen and oxygen atoms in total. The van der Waals surface area contributed by atoms with Crippen molar-refractivity contribution in [2.75, 3.05) is 7.11 Å². The van der Waals surface area contributed by atoms with Gasteiger partial charge in [-0.15, -0.1) is 0 Å². The van der Waals surface area contributed by atoms with E-state index in [1.807, 2.05) is 31.2 Å². The number of benzene rings is 1. The summed E-state index contributed by atoms with van der Waals surface area (Å²) in [5.74, 6) is 0.516. The summed E-state index contributed by atoms with van der Waals surface area (Å²) in [5.41, 5.74) is 1.32. The van der Waals surface area contributed by atoms with Crippen LogP contribution in [0.2, 0.25) is 5.22 Å². The Bertz CT molecular complexity index is 562. The first-order valence-electron chi connectivity index (χ1n) is 5.79. The molecule has 19 heavy (non-hydrogen) atoms. The number of rotatable bonds is 4. The highest BCUT2D eigenvalue weighted by Gasteiger charge is 2.16. The molecule has 1 heterocycles. The molecule has 2 rings (SSSR count). The topological polar surface area (TPSA) is 51.5 Å². The maximum absolute atomic E-state index is 12.0. The molecule has 0 spiro atoms. The molecule has 0 aliphatic heterocycles. The molecule has 1 amide bonds. The zero-order valence-electron chi connectivity index (χ0n) is 10.6. The number of ether oxygens (including phenoxy) is 1. The first kappa shape index (κ1) is 13.5. The molecule has 0 saturated heterocycles. The van der Waals surface area contributed by atoms with Crippen LogP contribution in [-0.4, -0.2) is 13.0 Å². The average Bonchev–Trinajstić information content (AvgIpc) is 2.85. The number of halogens is 1. The maximum Gasteiger partial charge on any atom is 0.256 e. The van der Waals surface area contributed by atoms with Gasteiger partial charge in [-0.25, -0.2) is 0 Å². The van der Waals surface area contributed by atoms with Gasteiger partial charge in [0.05, 0.1) is 25.0 Å². The summed E-state index contributed by atoms with van der Waals surface area (Å²) in [5, 5.41) is 2.95. The van der Waals surface area contributed by atoms with Gasteiger partial charge < -0.3 is 14.5 Å². The van der Waals surface area contributed by atoms with Gasteiger partial charge in [-0.3, -0.25) is 4.79 Å². The smallest absolute Gasteiger partial charge is 0.256 e. The highest BCUT2D eigenvalue weighted by Crippen LogP contribution is 2.20. The summed E-state index contributed by atoms with van der Waals surface area (Å²) < 4.78 is 9.98. The van der Waals surface area contributed by atoms with Crippen molar-refractivity contribution in [2.45, 2.75) is 13.0 Å². The lowest BCUT2D eigenvalue weighted by Crippen LogP contribution is -2.26. The SMILES string of the molecule is COc1ccc(C(C)NC(=O)c2ccoc2Cl)cc1. The number of carbonyl (C=O) groups excluding carboxylic acids is 1. The second-order valence-corrected chi connectivity index (χ2v) is 4.42. The van der Waals surface area contributed by atoms with E-state index in [1.165, 1.54) is 6.26 Å². The van der Waals surface area contributed by atoms with Gasteiger partial charge in [0.25, 0.3) is 5.91 Å². The van der Waals surface area contributed by atoms with Crippen LogP contribution >= 0.6 is 11.6 Å². The fourth-order valence-electron chi connectivity index (χ4n) is 1.71. The molecule has 2 aromatic rings. The molecule has 0 radical (unpaired) electrons. The lowest BCUT2D eigenvalue weighted by Gasteiger charge is -2.14. The van der Waals surface area contributed by atoms with Crippen LogP contribution < -0.4 is 10.1 Å². The van der Waals surface area contributed by atoms with Gasteiger partial charge in [0.15, 0.2) is 0 Å². The molecular formula is C14H14ClNO3. The Morgan fingerprint density at radius 1 is 1.32 bits per heavy atom. The van der Waals surface area contributed by atoms with E-state index in [0.717, 1.165) is 11.3 Å². The van der Waals surface area contributed by atoms with Crippen molar-refractivity contribution in [3.05, 3.63) is 52.9 Å². The summed E-state index contributed by atoms with van der Waals surface area (Å²) in [6.45, 7) is 1.90. The minimum Gasteiger partial charge on any atom is -0.497 e. The molecule has 0 aliphatic carbocycles. The first-order valence-corrected chi connectivity index (χ1v) is 6.17. The molecule has 1 unspecified atom stereocenters. The third kappa shape index (κ3) is 3.09. The van der Waals surface area contributed by atoms with Crippen molar-refractivity contribution >= 4 is 17.5 Å². The van der Waals surface area contributed by atoms with Crippen molar-refractivity contribution < 1.29 is 13.9 Å². The van der Waals surface area contributed by atoms with E-state index in [1.54, 1.807) is 13.2 Å². The van der Waals surface area contributed by atoms with E-state index >= 15 is 0 Å². The third-order valence-electron chi connectivity index (χ3n) is 2.83. The Hall–Kier alpha value is -1.94. The average molecular weight is 280 g/mol. The minimum atomic E-state index is -0.262. The first-order chi connectivity index (χ1) is 9.11. The molecule has 1 N–H and O–H groups in total. The van der Waals surface area contributed by atoms with Gasteiger partial charge in [-0.05, 0) is 42.3 Å². The van der Waals surface area contributed by atoms with E-state index in [4.69, 9.17) is 20.8 Å². The van der Waals surface area contributed by atoms with Crippen LogP contribution in [0.15, 0.2) is 41.0 Å². The van der Waals surface area contributed by atoms with Crippen molar-refractivity contribution in [1.29, 1.82) is 0 Å². The second kappa shape index (κ2) is 5.80. The van der Waals surface area contributed by atoms with E-state index in [-0.39, 0.29) is 17.2 Å². The van der Waals surface area contributed by atoms with Gasteiger partial charge in [-0.2, -0.15) is 0 Å². The maximum atomic E-state index is 12.0. The predicted molar refractivity (Wildman–Crippen MR) is 72.6 cm³/mol. The highest BCUT2D eigenvalue weighted by atomic mass is 35.5. The van der Waals surface area contributed by atoms with Crippen LogP contribution in [-0.2, 0) is 0 Å². The standard InChI is InChI=1S/C14H14ClNO3/c1-9(10-3-5-11(18-2)6-4-10)16-14(17)12-7-8-19-13(12)15/h3-9H,1-2H3,(H,16,17). The molecule has 5 heteroatoms. The monoisotopic (exact) mass is 279 g/mol. The van der Waals surface area contributed by atoms with E-state index in [0.29, 0.717) is 5.56 Å². The third-order valence-corrected chi connectivity index (χ3v) is 3.12. The zero-order chi connectivity index (χ0) is 13.8. The second-order valence-electron chi connectivity index (χ2n) is 4.08. The van der Waals surface area contributed by atoms with Crippen molar-refractivity contribution in [3.8, 4) is 5.75 Å². The molecule has 0 aliphatic rings. The lowest BCUT2D eigenvalue weighted by atomic mass is 10.1. The largest absolute Gasteiger partial charge is 0.497 e. The van der Waals surface area contributed by atoms with Crippen LogP contribution in [0.25, 0.3) is 0 Å². The molecule has 0 fully saturated rings. The van der Waals surface area contributed by atoms with Crippen molar-refractivity contribution in [2.24, 2.45) is 0 Å². The number of hydrogen-bond acceptors (Lipinski definition) is 3. The summed E-state index contributed by atoms with van der Waals surface area (Å²) in [4.78, 5) is 12.0. The quantitative estimate of drug-likeness (QED) is 0.933. The van der Waals surface area contributed by atoms with E-state index in [2.05, 4.69) is 5.32 Å². The summed E-state index contributed by atoms with van der Waals surface area (Å²) >= 11 is 5.76. The van der Waals surface area contributed by atoms with Gasteiger partial charge in [-0.1, -0.05) is 12.1 Å². The fourth-order valence-corrected chi connectivity index (χ4v) is 1.91. The number of carbonyl (C=O) groups is 1. The van der Waals surface area contributed by atoms with Gasteiger partial charge in [0.2, 0.25) is 5.22 Å². The Morgan fingerprint density at radius 2 is 2.00 bits per heavy atom. The number of hydrogen-bond donors (Lipinski definition) is 1. The van der Waals surface area contributed by atoms with Crippen LogP contribution in [0.4, 0.5) is 0 Å². The number of methoxy groups -OCH3 is 1. The summed E-state index contributed by atoms with van der Waals surface area (Å²) in [7, 11) is 1.61. The van der Waals surface area contributed by atoms with Gasteiger partial charge >= 0.3 is 0 Å². The van der Waals surface area contributed by atoms with Gasteiger partial charge in [0.1, 0.15) is 5.75 Å². The number of amides is 1. The van der Waals surface area contributed by atoms with Crippen LogP contribution in [0, 0.1) is 0 Å². The summed E-state index contributed by atoms with van der Waals surface area (Å²) in [6, 6.07) is 8.91. The fraction of sp³-hybridized carbons (Fsp3) is 0.214. The van der Waals surface area contributed by atoms with Crippen molar-refractivity contribution in [3.63, 3.8) is 0 Å². The van der Waals surface area contributed by atoms with Crippen LogP contribution in [0.3, 0.4) is 0 Å². The van der Waals surface area contributed by atoms with E-state index < -0.39 is 0 Å². The molecular weight excluding hydrogens is 266 g/mol.